The molecule has 1 aromatic rings. The van der Waals surface area contributed by atoms with Gasteiger partial charge in [0.1, 0.15) is 0 Å². The first-order valence-electron chi connectivity index (χ1n) is 7.55. The molecule has 0 atom stereocenters. The molecule has 1 aliphatic rings. The highest BCUT2D eigenvalue weighted by Gasteiger charge is 2.34. The van der Waals surface area contributed by atoms with E-state index >= 15 is 0 Å². The summed E-state index contributed by atoms with van der Waals surface area (Å²) in [6, 6.07) is 8.61. The van der Waals surface area contributed by atoms with Crippen LogP contribution in [-0.2, 0) is 4.79 Å². The largest absolute Gasteiger partial charge is 0.480 e. The van der Waals surface area contributed by atoms with Gasteiger partial charge < -0.3 is 15.7 Å². The van der Waals surface area contributed by atoms with Crippen LogP contribution in [0.2, 0.25) is 0 Å². The number of benzene rings is 1. The summed E-state index contributed by atoms with van der Waals surface area (Å²) in [5.74, 6) is -0.832. The molecule has 2 rings (SSSR count). The Morgan fingerprint density at radius 2 is 2.00 bits per heavy atom. The molecule has 0 unspecified atom stereocenters. The van der Waals surface area contributed by atoms with Gasteiger partial charge in [-0.15, -0.1) is 0 Å². The minimum atomic E-state index is -0.832. The third kappa shape index (κ3) is 4.69. The molecule has 0 aliphatic heterocycles. The Labute approximate surface area is 134 Å². The number of carboxylic acid groups (broad SMARTS) is 1. The summed E-state index contributed by atoms with van der Waals surface area (Å²) in [6.45, 7) is 2.65. The Bertz CT molecular complexity index is 603. The number of rotatable bonds is 6. The Kier molecular flexibility index (Phi) is 5.55. The van der Waals surface area contributed by atoms with Gasteiger partial charge in [-0.05, 0) is 43.7 Å². The second kappa shape index (κ2) is 7.61. The maximum Gasteiger partial charge on any atom is 0.319 e. The number of hydrogen-bond acceptors (Lipinski definition) is 4. The van der Waals surface area contributed by atoms with E-state index in [0.717, 1.165) is 12.8 Å². The first-order valence-corrected chi connectivity index (χ1v) is 7.55. The fraction of sp³-hybridized carbons (Fsp3) is 0.438. The second-order valence-electron chi connectivity index (χ2n) is 5.57. The van der Waals surface area contributed by atoms with Gasteiger partial charge in [0, 0.05) is 17.8 Å². The lowest BCUT2D eigenvalue weighted by molar-refractivity contribution is -0.139. The molecule has 7 nitrogen and oxygen atoms in total. The Morgan fingerprint density at radius 3 is 2.52 bits per heavy atom. The van der Waals surface area contributed by atoms with Gasteiger partial charge in [0.25, 0.3) is 0 Å². The highest BCUT2D eigenvalue weighted by molar-refractivity contribution is 5.89. The minimum Gasteiger partial charge on any atom is -0.480 e. The van der Waals surface area contributed by atoms with Crippen molar-refractivity contribution in [3.05, 3.63) is 29.8 Å². The Hall–Kier alpha value is -2.59. The standard InChI is InChI=1S/C16H20N4O3/c1-2-20(10-15(21)22)14-7-13(8-14)19-16(23)18-12-5-3-11(9-17)4-6-12/h3-6,13-14H,2,7-8,10H2,1H3,(H,21,22)(H2,18,19,23). The van der Waals surface area contributed by atoms with Crippen molar-refractivity contribution in [1.29, 1.82) is 5.26 Å². The van der Waals surface area contributed by atoms with E-state index in [-0.39, 0.29) is 24.7 Å². The van der Waals surface area contributed by atoms with Crippen LogP contribution in [-0.4, -0.2) is 47.2 Å². The average Bonchev–Trinajstić information content (AvgIpc) is 2.49. The van der Waals surface area contributed by atoms with Crippen molar-refractivity contribution < 1.29 is 14.7 Å². The number of carbonyl (C=O) groups is 2. The number of urea groups is 1. The zero-order valence-corrected chi connectivity index (χ0v) is 13.0. The van der Waals surface area contributed by atoms with Crippen molar-refractivity contribution in [2.75, 3.05) is 18.4 Å². The van der Waals surface area contributed by atoms with Crippen LogP contribution in [0.25, 0.3) is 0 Å². The van der Waals surface area contributed by atoms with Crippen molar-refractivity contribution >= 4 is 17.7 Å². The molecule has 0 aromatic heterocycles. The highest BCUT2D eigenvalue weighted by atomic mass is 16.4. The van der Waals surface area contributed by atoms with Gasteiger partial charge in [0.15, 0.2) is 0 Å². The van der Waals surface area contributed by atoms with E-state index in [2.05, 4.69) is 10.6 Å². The molecule has 1 saturated carbocycles. The predicted octanol–water partition coefficient (Wildman–Crippen LogP) is 1.62. The third-order valence-electron chi connectivity index (χ3n) is 3.98. The topological polar surface area (TPSA) is 105 Å². The van der Waals surface area contributed by atoms with Gasteiger partial charge in [-0.25, -0.2) is 4.79 Å². The summed E-state index contributed by atoms with van der Waals surface area (Å²) in [6.07, 6.45) is 1.50. The molecule has 0 heterocycles. The lowest BCUT2D eigenvalue weighted by atomic mass is 9.85. The Morgan fingerprint density at radius 1 is 1.35 bits per heavy atom. The number of nitrogens with one attached hydrogen (secondary N) is 2. The van der Waals surface area contributed by atoms with Crippen LogP contribution in [0.1, 0.15) is 25.3 Å². The van der Waals surface area contributed by atoms with E-state index in [1.54, 1.807) is 24.3 Å². The van der Waals surface area contributed by atoms with Gasteiger partial charge in [0.2, 0.25) is 0 Å². The fourth-order valence-electron chi connectivity index (χ4n) is 2.66. The van der Waals surface area contributed by atoms with E-state index < -0.39 is 5.97 Å². The van der Waals surface area contributed by atoms with E-state index in [1.807, 2.05) is 17.9 Å². The number of carboxylic acids is 1. The van der Waals surface area contributed by atoms with Crippen LogP contribution in [0.3, 0.4) is 0 Å². The molecular formula is C16H20N4O3. The van der Waals surface area contributed by atoms with Gasteiger partial charge in [-0.3, -0.25) is 9.69 Å². The molecule has 0 radical (unpaired) electrons. The van der Waals surface area contributed by atoms with Crippen LogP contribution in [0, 0.1) is 11.3 Å². The first kappa shape index (κ1) is 16.8. The van der Waals surface area contributed by atoms with Crippen LogP contribution in [0.15, 0.2) is 24.3 Å². The van der Waals surface area contributed by atoms with Crippen molar-refractivity contribution in [3.8, 4) is 6.07 Å². The summed E-state index contributed by atoms with van der Waals surface area (Å²) in [5, 5.41) is 23.2. The van der Waals surface area contributed by atoms with Crippen LogP contribution < -0.4 is 10.6 Å². The summed E-state index contributed by atoms with van der Waals surface area (Å²) in [7, 11) is 0. The summed E-state index contributed by atoms with van der Waals surface area (Å²) in [5.41, 5.74) is 1.16. The van der Waals surface area contributed by atoms with E-state index in [1.165, 1.54) is 0 Å². The fourth-order valence-corrected chi connectivity index (χ4v) is 2.66. The van der Waals surface area contributed by atoms with Crippen LogP contribution in [0.5, 0.6) is 0 Å². The average molecular weight is 316 g/mol. The number of amides is 2. The molecule has 0 spiro atoms. The molecule has 122 valence electrons. The zero-order chi connectivity index (χ0) is 16.8. The van der Waals surface area contributed by atoms with E-state index in [9.17, 15) is 9.59 Å². The molecule has 3 N–H and O–H groups in total. The highest BCUT2D eigenvalue weighted by Crippen LogP contribution is 2.25. The molecule has 1 aliphatic carbocycles. The van der Waals surface area contributed by atoms with Gasteiger partial charge >= 0.3 is 12.0 Å². The second-order valence-corrected chi connectivity index (χ2v) is 5.57. The van der Waals surface area contributed by atoms with E-state index in [0.29, 0.717) is 17.8 Å². The number of carbonyl (C=O) groups excluding carboxylic acids is 1. The molecule has 23 heavy (non-hydrogen) atoms. The number of likely N-dealkylation sites (N-methyl/N-ethyl adjacent to an activating group) is 1. The molecule has 1 fully saturated rings. The Balaban J connectivity index is 1.75. The van der Waals surface area contributed by atoms with Crippen LogP contribution in [0.4, 0.5) is 10.5 Å². The number of hydrogen-bond donors (Lipinski definition) is 3. The van der Waals surface area contributed by atoms with Gasteiger partial charge in [-0.2, -0.15) is 5.26 Å². The lowest BCUT2D eigenvalue weighted by Gasteiger charge is -2.42. The molecule has 0 saturated heterocycles. The minimum absolute atomic E-state index is 0.0331. The quantitative estimate of drug-likeness (QED) is 0.739. The first-order chi connectivity index (χ1) is 11.0. The number of anilines is 1. The zero-order valence-electron chi connectivity index (χ0n) is 13.0. The maximum atomic E-state index is 11.9. The third-order valence-corrected chi connectivity index (χ3v) is 3.98. The molecular weight excluding hydrogens is 296 g/mol. The molecule has 2 amide bonds. The predicted molar refractivity (Wildman–Crippen MR) is 85.0 cm³/mol. The summed E-state index contributed by atoms with van der Waals surface area (Å²) >= 11 is 0. The normalized spacial score (nSPS) is 19.5. The van der Waals surface area contributed by atoms with Crippen molar-refractivity contribution in [1.82, 2.24) is 10.2 Å². The van der Waals surface area contributed by atoms with Crippen molar-refractivity contribution in [3.63, 3.8) is 0 Å². The smallest absolute Gasteiger partial charge is 0.319 e. The van der Waals surface area contributed by atoms with Crippen LogP contribution >= 0.6 is 0 Å². The number of aliphatic carboxylic acids is 1. The monoisotopic (exact) mass is 316 g/mol. The maximum absolute atomic E-state index is 11.9. The van der Waals surface area contributed by atoms with Gasteiger partial charge in [0.05, 0.1) is 18.2 Å². The molecule has 0 bridgehead atoms. The molecule has 1 aromatic carbocycles. The number of nitriles is 1. The number of nitrogens with zero attached hydrogens (tertiary/aromatic N) is 2. The van der Waals surface area contributed by atoms with Crippen molar-refractivity contribution in [2.24, 2.45) is 0 Å². The van der Waals surface area contributed by atoms with Gasteiger partial charge in [-0.1, -0.05) is 6.92 Å². The molecule has 7 heteroatoms. The summed E-state index contributed by atoms with van der Waals surface area (Å²) in [4.78, 5) is 24.6. The SMILES string of the molecule is CCN(CC(=O)O)C1CC(NC(=O)Nc2ccc(C#N)cc2)C1. The lowest BCUT2D eigenvalue weighted by Crippen LogP contribution is -2.55. The summed E-state index contributed by atoms with van der Waals surface area (Å²) < 4.78 is 0. The van der Waals surface area contributed by atoms with Crippen molar-refractivity contribution in [2.45, 2.75) is 31.8 Å². The van der Waals surface area contributed by atoms with E-state index in [4.69, 9.17) is 10.4 Å².